The summed E-state index contributed by atoms with van der Waals surface area (Å²) in [4.78, 5) is 2.64. The molecule has 0 bridgehead atoms. The van der Waals surface area contributed by atoms with Crippen LogP contribution in [0.5, 0.6) is 0 Å². The fourth-order valence-electron chi connectivity index (χ4n) is 3.17. The van der Waals surface area contributed by atoms with Gasteiger partial charge >= 0.3 is 0 Å². The highest BCUT2D eigenvalue weighted by atomic mass is 16.3. The number of nitrogens with zero attached hydrogens (tertiary/aromatic N) is 1. The van der Waals surface area contributed by atoms with E-state index in [0.717, 1.165) is 24.1 Å². The highest BCUT2D eigenvalue weighted by molar-refractivity contribution is 5.13. The summed E-state index contributed by atoms with van der Waals surface area (Å²) in [5.41, 5.74) is 5.95. The lowest BCUT2D eigenvalue weighted by atomic mass is 9.87. The van der Waals surface area contributed by atoms with Crippen molar-refractivity contribution in [3.63, 3.8) is 0 Å². The quantitative estimate of drug-likeness (QED) is 0.873. The van der Waals surface area contributed by atoms with Gasteiger partial charge in [0.1, 0.15) is 11.5 Å². The molecule has 1 aromatic rings. The smallest absolute Gasteiger partial charge is 0.121 e. The molecular weight excluding hydrogens is 212 g/mol. The van der Waals surface area contributed by atoms with Crippen molar-refractivity contribution in [3.8, 4) is 0 Å². The Hall–Kier alpha value is -0.800. The van der Waals surface area contributed by atoms with Crippen molar-refractivity contribution in [2.24, 2.45) is 11.7 Å². The maximum Gasteiger partial charge on any atom is 0.121 e. The molecule has 1 saturated heterocycles. The topological polar surface area (TPSA) is 42.4 Å². The van der Waals surface area contributed by atoms with Gasteiger partial charge in [0.15, 0.2) is 0 Å². The van der Waals surface area contributed by atoms with Gasteiger partial charge in [-0.3, -0.25) is 4.90 Å². The number of aryl methyl sites for hydroxylation is 1. The van der Waals surface area contributed by atoms with Gasteiger partial charge in [-0.05, 0) is 63.7 Å². The first-order chi connectivity index (χ1) is 8.29. The van der Waals surface area contributed by atoms with Gasteiger partial charge in [-0.1, -0.05) is 0 Å². The molecule has 1 aliphatic heterocycles. The fourth-order valence-corrected chi connectivity index (χ4v) is 3.17. The molecule has 3 heteroatoms. The largest absolute Gasteiger partial charge is 0.465 e. The molecule has 17 heavy (non-hydrogen) atoms. The molecule has 3 nitrogen and oxygen atoms in total. The Morgan fingerprint density at radius 2 is 2.18 bits per heavy atom. The van der Waals surface area contributed by atoms with Crippen LogP contribution in [0.25, 0.3) is 0 Å². The molecule has 0 spiro atoms. The van der Waals surface area contributed by atoms with Crippen molar-refractivity contribution in [3.05, 3.63) is 23.7 Å². The van der Waals surface area contributed by atoms with Gasteiger partial charge in [0.25, 0.3) is 0 Å². The van der Waals surface area contributed by atoms with E-state index in [-0.39, 0.29) is 0 Å². The summed E-state index contributed by atoms with van der Waals surface area (Å²) in [6.45, 7) is 4.00. The van der Waals surface area contributed by atoms with Crippen LogP contribution < -0.4 is 5.73 Å². The minimum absolute atomic E-state index is 0.426. The molecule has 1 aliphatic carbocycles. The monoisotopic (exact) mass is 234 g/mol. The van der Waals surface area contributed by atoms with E-state index in [1.54, 1.807) is 0 Å². The highest BCUT2D eigenvalue weighted by Gasteiger charge is 2.41. The molecule has 1 aromatic heterocycles. The maximum atomic E-state index is 5.95. The summed E-state index contributed by atoms with van der Waals surface area (Å²) in [7, 11) is 0. The molecule has 1 saturated carbocycles. The van der Waals surface area contributed by atoms with Crippen LogP contribution in [-0.2, 0) is 0 Å². The normalized spacial score (nSPS) is 30.7. The Morgan fingerprint density at radius 1 is 1.35 bits per heavy atom. The van der Waals surface area contributed by atoms with Crippen molar-refractivity contribution in [2.45, 2.75) is 44.7 Å². The Balaban J connectivity index is 1.88. The van der Waals surface area contributed by atoms with Crippen molar-refractivity contribution in [1.82, 2.24) is 4.90 Å². The number of likely N-dealkylation sites (tertiary alicyclic amines) is 1. The molecule has 2 aliphatic rings. The first kappa shape index (κ1) is 11.3. The van der Waals surface area contributed by atoms with E-state index in [4.69, 9.17) is 10.2 Å². The molecular formula is C14H22N2O. The number of furan rings is 1. The molecule has 0 radical (unpaired) electrons. The van der Waals surface area contributed by atoms with E-state index in [0.29, 0.717) is 12.0 Å². The lowest BCUT2D eigenvalue weighted by molar-refractivity contribution is 0.0715. The molecule has 3 rings (SSSR count). The summed E-state index contributed by atoms with van der Waals surface area (Å²) >= 11 is 0. The minimum atomic E-state index is 0.426. The van der Waals surface area contributed by atoms with Crippen LogP contribution in [0.2, 0.25) is 0 Å². The SMILES string of the molecule is Cc1ccc(C2C(CN)CCCN2C2CC2)o1. The maximum absolute atomic E-state index is 5.95. The Kier molecular flexibility index (Phi) is 2.97. The van der Waals surface area contributed by atoms with Gasteiger partial charge in [-0.2, -0.15) is 0 Å². The van der Waals surface area contributed by atoms with Crippen molar-refractivity contribution in [2.75, 3.05) is 13.1 Å². The van der Waals surface area contributed by atoms with Crippen LogP contribution in [0.3, 0.4) is 0 Å². The second-order valence-corrected chi connectivity index (χ2v) is 5.50. The lowest BCUT2D eigenvalue weighted by Gasteiger charge is -2.40. The molecule has 2 N–H and O–H groups in total. The molecule has 2 fully saturated rings. The zero-order chi connectivity index (χ0) is 11.8. The van der Waals surface area contributed by atoms with Crippen molar-refractivity contribution < 1.29 is 4.42 Å². The van der Waals surface area contributed by atoms with Crippen molar-refractivity contribution in [1.29, 1.82) is 0 Å². The fraction of sp³-hybridized carbons (Fsp3) is 0.714. The number of hydrogen-bond donors (Lipinski definition) is 1. The van der Waals surface area contributed by atoms with Gasteiger partial charge in [-0.15, -0.1) is 0 Å². The van der Waals surface area contributed by atoms with E-state index in [1.165, 1.54) is 32.2 Å². The highest BCUT2D eigenvalue weighted by Crippen LogP contribution is 2.42. The van der Waals surface area contributed by atoms with E-state index in [2.05, 4.69) is 17.0 Å². The third-order valence-corrected chi connectivity index (χ3v) is 4.17. The van der Waals surface area contributed by atoms with Crippen LogP contribution in [0.1, 0.15) is 43.2 Å². The van der Waals surface area contributed by atoms with Crippen molar-refractivity contribution >= 4 is 0 Å². The van der Waals surface area contributed by atoms with Gasteiger partial charge < -0.3 is 10.2 Å². The standard InChI is InChI=1S/C14H22N2O/c1-10-4-7-13(17-10)14-11(9-15)3-2-8-16(14)12-5-6-12/h4,7,11-12,14H,2-3,5-6,8-9,15H2,1H3. The first-order valence-corrected chi connectivity index (χ1v) is 6.81. The van der Waals surface area contributed by atoms with Gasteiger partial charge in [-0.25, -0.2) is 0 Å². The second-order valence-electron chi connectivity index (χ2n) is 5.50. The first-order valence-electron chi connectivity index (χ1n) is 6.81. The third-order valence-electron chi connectivity index (χ3n) is 4.17. The van der Waals surface area contributed by atoms with Crippen LogP contribution in [0.15, 0.2) is 16.5 Å². The lowest BCUT2D eigenvalue weighted by Crippen LogP contribution is -2.42. The van der Waals surface area contributed by atoms with Crippen LogP contribution in [0, 0.1) is 12.8 Å². The van der Waals surface area contributed by atoms with E-state index in [1.807, 2.05) is 6.92 Å². The van der Waals surface area contributed by atoms with Gasteiger partial charge in [0, 0.05) is 6.04 Å². The van der Waals surface area contributed by atoms with E-state index in [9.17, 15) is 0 Å². The summed E-state index contributed by atoms with van der Waals surface area (Å²) in [5.74, 6) is 2.71. The average Bonchev–Trinajstić information content (AvgIpc) is 3.11. The summed E-state index contributed by atoms with van der Waals surface area (Å²) < 4.78 is 5.87. The minimum Gasteiger partial charge on any atom is -0.465 e. The predicted molar refractivity (Wildman–Crippen MR) is 67.7 cm³/mol. The Bertz CT molecular complexity index is 383. The molecule has 2 heterocycles. The van der Waals surface area contributed by atoms with Crippen LogP contribution in [0.4, 0.5) is 0 Å². The van der Waals surface area contributed by atoms with Crippen LogP contribution in [-0.4, -0.2) is 24.0 Å². The average molecular weight is 234 g/mol. The molecule has 2 atom stereocenters. The molecule has 0 amide bonds. The third kappa shape index (κ3) is 2.14. The van der Waals surface area contributed by atoms with Gasteiger partial charge in [0.05, 0.1) is 6.04 Å². The summed E-state index contributed by atoms with van der Waals surface area (Å²) in [6, 6.07) is 5.43. The van der Waals surface area contributed by atoms with Crippen LogP contribution >= 0.6 is 0 Å². The predicted octanol–water partition coefficient (Wildman–Crippen LogP) is 2.46. The molecule has 94 valence electrons. The number of nitrogens with two attached hydrogens (primary N) is 1. The van der Waals surface area contributed by atoms with Gasteiger partial charge in [0.2, 0.25) is 0 Å². The molecule has 0 aromatic carbocycles. The number of hydrogen-bond acceptors (Lipinski definition) is 3. The summed E-state index contributed by atoms with van der Waals surface area (Å²) in [5, 5.41) is 0. The second kappa shape index (κ2) is 4.46. The zero-order valence-electron chi connectivity index (χ0n) is 10.6. The molecule has 2 unspecified atom stereocenters. The Morgan fingerprint density at radius 3 is 2.76 bits per heavy atom. The van der Waals surface area contributed by atoms with E-state index < -0.39 is 0 Å². The summed E-state index contributed by atoms with van der Waals surface area (Å²) in [6.07, 6.45) is 5.24. The number of rotatable bonds is 3. The Labute approximate surface area is 103 Å². The number of piperidine rings is 1. The zero-order valence-corrected chi connectivity index (χ0v) is 10.6. The van der Waals surface area contributed by atoms with E-state index >= 15 is 0 Å².